The van der Waals surface area contributed by atoms with Crippen LogP contribution in [0.25, 0.3) is 0 Å². The molecule has 0 spiro atoms. The molecule has 1 amide bonds. The highest BCUT2D eigenvalue weighted by atomic mass is 32.2. The minimum atomic E-state index is -3.58. The number of hydrogen-bond donors (Lipinski definition) is 0. The van der Waals surface area contributed by atoms with E-state index in [0.29, 0.717) is 13.2 Å². The maximum Gasteiger partial charge on any atom is 0.261 e. The van der Waals surface area contributed by atoms with Crippen molar-refractivity contribution in [2.75, 3.05) is 26.7 Å². The van der Waals surface area contributed by atoms with Gasteiger partial charge in [0.15, 0.2) is 0 Å². The van der Waals surface area contributed by atoms with E-state index in [-0.39, 0.29) is 16.7 Å². The van der Waals surface area contributed by atoms with Crippen LogP contribution in [0, 0.1) is 0 Å². The van der Waals surface area contributed by atoms with Crippen molar-refractivity contribution in [3.63, 3.8) is 0 Å². The van der Waals surface area contributed by atoms with Crippen molar-refractivity contribution >= 4 is 27.3 Å². The standard InChI is InChI=1S/C11H16N2O4S2/c1-12(19(15,16)11-5-4-8-18-11)9-10(14)13-6-2-3-7-17-13/h4-5,8H,2-3,6-7,9H2,1H3. The number of nitrogens with zero attached hydrogens (tertiary/aromatic N) is 2. The molecule has 6 nitrogen and oxygen atoms in total. The van der Waals surface area contributed by atoms with Crippen LogP contribution in [0.2, 0.25) is 0 Å². The summed E-state index contributed by atoms with van der Waals surface area (Å²) in [4.78, 5) is 17.1. The number of thiophene rings is 1. The zero-order chi connectivity index (χ0) is 13.9. The van der Waals surface area contributed by atoms with E-state index in [1.54, 1.807) is 11.4 Å². The van der Waals surface area contributed by atoms with E-state index >= 15 is 0 Å². The molecule has 1 aliphatic heterocycles. The summed E-state index contributed by atoms with van der Waals surface area (Å²) >= 11 is 1.14. The fourth-order valence-corrected chi connectivity index (χ4v) is 4.03. The molecular weight excluding hydrogens is 288 g/mol. The van der Waals surface area contributed by atoms with Crippen LogP contribution in [-0.2, 0) is 19.7 Å². The molecule has 0 unspecified atom stereocenters. The number of likely N-dealkylation sites (N-methyl/N-ethyl adjacent to an activating group) is 1. The van der Waals surface area contributed by atoms with Crippen molar-refractivity contribution in [3.05, 3.63) is 17.5 Å². The first-order valence-electron chi connectivity index (χ1n) is 5.95. The summed E-state index contributed by atoms with van der Waals surface area (Å²) < 4.78 is 25.6. The molecule has 1 aromatic heterocycles. The fourth-order valence-electron chi connectivity index (χ4n) is 1.71. The Hall–Kier alpha value is -0.960. The molecule has 0 aliphatic carbocycles. The second kappa shape index (κ2) is 6.00. The lowest BCUT2D eigenvalue weighted by molar-refractivity contribution is -0.196. The van der Waals surface area contributed by atoms with E-state index in [1.165, 1.54) is 18.2 Å². The highest BCUT2D eigenvalue weighted by molar-refractivity contribution is 7.91. The molecule has 2 heterocycles. The Kier molecular flexibility index (Phi) is 4.56. The summed E-state index contributed by atoms with van der Waals surface area (Å²) in [6.07, 6.45) is 1.81. The van der Waals surface area contributed by atoms with Crippen molar-refractivity contribution in [1.82, 2.24) is 9.37 Å². The van der Waals surface area contributed by atoms with E-state index < -0.39 is 10.0 Å². The number of hydroxylamine groups is 2. The lowest BCUT2D eigenvalue weighted by atomic mass is 10.3. The van der Waals surface area contributed by atoms with Gasteiger partial charge in [-0.15, -0.1) is 11.3 Å². The summed E-state index contributed by atoms with van der Waals surface area (Å²) in [7, 11) is -2.18. The van der Waals surface area contributed by atoms with Gasteiger partial charge in [-0.3, -0.25) is 9.63 Å². The predicted octanol–water partition coefficient (Wildman–Crippen LogP) is 0.923. The minimum absolute atomic E-state index is 0.208. The van der Waals surface area contributed by atoms with E-state index in [0.717, 1.165) is 28.5 Å². The summed E-state index contributed by atoms with van der Waals surface area (Å²) in [6, 6.07) is 3.19. The number of rotatable bonds is 4. The number of amides is 1. The predicted molar refractivity (Wildman–Crippen MR) is 71.0 cm³/mol. The molecule has 1 saturated heterocycles. The van der Waals surface area contributed by atoms with Crippen LogP contribution in [0.4, 0.5) is 0 Å². The largest absolute Gasteiger partial charge is 0.271 e. The maximum absolute atomic E-state index is 12.1. The smallest absolute Gasteiger partial charge is 0.261 e. The van der Waals surface area contributed by atoms with Gasteiger partial charge in [0.2, 0.25) is 0 Å². The fraction of sp³-hybridized carbons (Fsp3) is 0.545. The monoisotopic (exact) mass is 304 g/mol. The maximum atomic E-state index is 12.1. The second-order valence-electron chi connectivity index (χ2n) is 4.23. The average Bonchev–Trinajstić information content (AvgIpc) is 2.94. The van der Waals surface area contributed by atoms with Gasteiger partial charge in [0, 0.05) is 13.6 Å². The SMILES string of the molecule is CN(CC(=O)N1CCCCO1)S(=O)(=O)c1cccs1. The van der Waals surface area contributed by atoms with Crippen molar-refractivity contribution in [2.45, 2.75) is 17.1 Å². The zero-order valence-corrected chi connectivity index (χ0v) is 12.2. The van der Waals surface area contributed by atoms with Gasteiger partial charge in [-0.05, 0) is 24.3 Å². The quantitative estimate of drug-likeness (QED) is 0.829. The van der Waals surface area contributed by atoms with Gasteiger partial charge in [-0.1, -0.05) is 6.07 Å². The molecule has 0 N–H and O–H groups in total. The molecule has 106 valence electrons. The van der Waals surface area contributed by atoms with Crippen LogP contribution in [0.1, 0.15) is 12.8 Å². The first-order valence-corrected chi connectivity index (χ1v) is 8.27. The van der Waals surface area contributed by atoms with E-state index in [4.69, 9.17) is 4.84 Å². The summed E-state index contributed by atoms with van der Waals surface area (Å²) in [6.45, 7) is 0.819. The van der Waals surface area contributed by atoms with E-state index in [2.05, 4.69) is 0 Å². The summed E-state index contributed by atoms with van der Waals surface area (Å²) in [5.41, 5.74) is 0. The minimum Gasteiger partial charge on any atom is -0.271 e. The summed E-state index contributed by atoms with van der Waals surface area (Å²) in [5, 5.41) is 2.94. The molecule has 19 heavy (non-hydrogen) atoms. The Labute approximate surface area is 116 Å². The Bertz CT molecular complexity index is 521. The van der Waals surface area contributed by atoms with Gasteiger partial charge in [-0.25, -0.2) is 13.5 Å². The second-order valence-corrected chi connectivity index (χ2v) is 7.45. The third kappa shape index (κ3) is 3.33. The number of hydrogen-bond acceptors (Lipinski definition) is 5. The number of carbonyl (C=O) groups is 1. The van der Waals surface area contributed by atoms with Crippen LogP contribution in [0.3, 0.4) is 0 Å². The van der Waals surface area contributed by atoms with Gasteiger partial charge in [0.25, 0.3) is 15.9 Å². The van der Waals surface area contributed by atoms with Crippen LogP contribution >= 0.6 is 11.3 Å². The Morgan fingerprint density at radius 1 is 1.53 bits per heavy atom. The average molecular weight is 304 g/mol. The van der Waals surface area contributed by atoms with Crippen molar-refractivity contribution < 1.29 is 18.0 Å². The molecule has 2 rings (SSSR count). The molecule has 0 saturated carbocycles. The molecule has 0 aromatic carbocycles. The van der Waals surface area contributed by atoms with Crippen molar-refractivity contribution in [1.29, 1.82) is 0 Å². The molecule has 0 radical (unpaired) electrons. The lowest BCUT2D eigenvalue weighted by Gasteiger charge is -2.27. The van der Waals surface area contributed by atoms with Crippen molar-refractivity contribution in [3.8, 4) is 0 Å². The Morgan fingerprint density at radius 2 is 2.32 bits per heavy atom. The Morgan fingerprint density at radius 3 is 2.89 bits per heavy atom. The topological polar surface area (TPSA) is 66.9 Å². The van der Waals surface area contributed by atoms with E-state index in [9.17, 15) is 13.2 Å². The highest BCUT2D eigenvalue weighted by Gasteiger charge is 2.27. The summed E-state index contributed by atoms with van der Waals surface area (Å²) in [5.74, 6) is -0.331. The highest BCUT2D eigenvalue weighted by Crippen LogP contribution is 2.19. The van der Waals surface area contributed by atoms with Crippen LogP contribution in [-0.4, -0.2) is 50.4 Å². The van der Waals surface area contributed by atoms with Crippen molar-refractivity contribution in [2.24, 2.45) is 0 Å². The molecule has 0 atom stereocenters. The molecule has 1 aliphatic rings. The van der Waals surface area contributed by atoms with Gasteiger partial charge in [0.1, 0.15) is 4.21 Å². The van der Waals surface area contributed by atoms with Crippen LogP contribution in [0.5, 0.6) is 0 Å². The normalized spacial score (nSPS) is 16.8. The van der Waals surface area contributed by atoms with Gasteiger partial charge >= 0.3 is 0 Å². The van der Waals surface area contributed by atoms with Crippen LogP contribution < -0.4 is 0 Å². The molecule has 0 bridgehead atoms. The Balaban J connectivity index is 2.00. The van der Waals surface area contributed by atoms with Gasteiger partial charge in [0.05, 0.1) is 13.2 Å². The first-order chi connectivity index (χ1) is 9.01. The van der Waals surface area contributed by atoms with Gasteiger partial charge < -0.3 is 0 Å². The lowest BCUT2D eigenvalue weighted by Crippen LogP contribution is -2.43. The third-order valence-electron chi connectivity index (χ3n) is 2.80. The molecule has 8 heteroatoms. The van der Waals surface area contributed by atoms with Crippen LogP contribution in [0.15, 0.2) is 21.7 Å². The number of carbonyl (C=O) groups excluding carboxylic acids is 1. The first kappa shape index (κ1) is 14.4. The molecule has 1 aromatic rings. The molecular formula is C11H16N2O4S2. The third-order valence-corrected chi connectivity index (χ3v) is 5.97. The van der Waals surface area contributed by atoms with Gasteiger partial charge in [-0.2, -0.15) is 4.31 Å². The molecule has 1 fully saturated rings. The zero-order valence-electron chi connectivity index (χ0n) is 10.6. The van der Waals surface area contributed by atoms with E-state index in [1.807, 2.05) is 0 Å². The number of sulfonamides is 1.